The Morgan fingerprint density at radius 1 is 1.23 bits per heavy atom. The third-order valence-corrected chi connectivity index (χ3v) is 4.28. The summed E-state index contributed by atoms with van der Waals surface area (Å²) in [6.45, 7) is 3.87. The van der Waals surface area contributed by atoms with Crippen molar-refractivity contribution in [2.24, 2.45) is 0 Å². The Hall–Kier alpha value is -2.88. The first-order valence-corrected chi connectivity index (χ1v) is 8.71. The number of carbonyl (C=O) groups is 2. The van der Waals surface area contributed by atoms with Crippen LogP contribution in [-0.2, 0) is 16.0 Å². The van der Waals surface area contributed by atoms with Crippen molar-refractivity contribution in [1.82, 2.24) is 14.9 Å². The summed E-state index contributed by atoms with van der Waals surface area (Å²) in [7, 11) is 0. The van der Waals surface area contributed by atoms with E-state index in [0.29, 0.717) is 5.69 Å². The number of amides is 1. The summed E-state index contributed by atoms with van der Waals surface area (Å²) < 4.78 is 0.777. The summed E-state index contributed by atoms with van der Waals surface area (Å²) in [6.07, 6.45) is -0.300. The lowest BCUT2D eigenvalue weighted by molar-refractivity contribution is -0.137. The molecule has 1 aromatic carbocycles. The van der Waals surface area contributed by atoms with Gasteiger partial charge in [0.05, 0.1) is 12.2 Å². The van der Waals surface area contributed by atoms with Crippen LogP contribution >= 0.6 is 11.8 Å². The van der Waals surface area contributed by atoms with Crippen molar-refractivity contribution in [3.05, 3.63) is 45.4 Å². The summed E-state index contributed by atoms with van der Waals surface area (Å²) in [4.78, 5) is 34.7. The smallest absolute Gasteiger partial charge is 0.303 e. The van der Waals surface area contributed by atoms with E-state index in [1.165, 1.54) is 0 Å². The Labute approximate surface area is 153 Å². The average Bonchev–Trinajstić information content (AvgIpc) is 2.54. The summed E-state index contributed by atoms with van der Waals surface area (Å²) in [6, 6.07) is 5.70. The summed E-state index contributed by atoms with van der Waals surface area (Å²) in [5, 5.41) is 19.0. The molecule has 0 aliphatic heterocycles. The van der Waals surface area contributed by atoms with Gasteiger partial charge in [-0.15, -0.1) is 10.2 Å². The van der Waals surface area contributed by atoms with Crippen molar-refractivity contribution in [2.75, 3.05) is 16.9 Å². The molecule has 26 heavy (non-hydrogen) atoms. The van der Waals surface area contributed by atoms with E-state index in [4.69, 9.17) is 10.9 Å². The maximum Gasteiger partial charge on any atom is 0.303 e. The number of nitrogens with one attached hydrogen (secondary N) is 1. The number of carboxylic acid groups (broad SMARTS) is 1. The molecule has 0 unspecified atom stereocenters. The molecule has 0 spiro atoms. The highest BCUT2D eigenvalue weighted by Crippen LogP contribution is 2.16. The number of thioether (sulfide) groups is 1. The number of rotatable bonds is 7. The van der Waals surface area contributed by atoms with E-state index in [-0.39, 0.29) is 35.4 Å². The van der Waals surface area contributed by atoms with E-state index < -0.39 is 11.5 Å². The van der Waals surface area contributed by atoms with E-state index in [2.05, 4.69) is 15.5 Å². The van der Waals surface area contributed by atoms with Crippen molar-refractivity contribution >= 4 is 29.3 Å². The number of hydrogen-bond donors (Lipinski definition) is 3. The van der Waals surface area contributed by atoms with Gasteiger partial charge in [-0.05, 0) is 37.1 Å². The molecule has 0 saturated carbocycles. The van der Waals surface area contributed by atoms with Gasteiger partial charge < -0.3 is 16.3 Å². The second kappa shape index (κ2) is 8.48. The Bertz CT molecular complexity index is 876. The first kappa shape index (κ1) is 19.4. The van der Waals surface area contributed by atoms with Crippen LogP contribution in [-0.4, -0.2) is 37.6 Å². The first-order valence-electron chi connectivity index (χ1n) is 7.72. The van der Waals surface area contributed by atoms with Crippen LogP contribution in [0, 0.1) is 13.8 Å². The van der Waals surface area contributed by atoms with Crippen molar-refractivity contribution in [3.8, 4) is 0 Å². The highest BCUT2D eigenvalue weighted by Gasteiger charge is 2.13. The molecule has 0 atom stereocenters. The number of nitrogens with zero attached hydrogens (tertiary/aromatic N) is 3. The second-order valence-corrected chi connectivity index (χ2v) is 6.65. The molecule has 1 amide bonds. The lowest BCUT2D eigenvalue weighted by Crippen LogP contribution is -2.34. The highest BCUT2D eigenvalue weighted by molar-refractivity contribution is 7.99. The SMILES string of the molecule is Cc1cc(C)cc(NC(=O)CSc2nnc(CCC(=O)O)c(=O)n2N)c1. The van der Waals surface area contributed by atoms with Crippen LogP contribution in [0.4, 0.5) is 5.69 Å². The topological polar surface area (TPSA) is 140 Å². The Morgan fingerprint density at radius 3 is 2.50 bits per heavy atom. The lowest BCUT2D eigenvalue weighted by Gasteiger charge is -2.09. The number of nitrogen functional groups attached to an aromatic ring is 1. The zero-order chi connectivity index (χ0) is 19.3. The predicted octanol–water partition coefficient (Wildman–Crippen LogP) is 0.717. The van der Waals surface area contributed by atoms with Crippen LogP contribution in [0.25, 0.3) is 0 Å². The molecule has 0 aliphatic carbocycles. The van der Waals surface area contributed by atoms with Gasteiger partial charge in [0.25, 0.3) is 5.56 Å². The molecule has 2 aromatic rings. The van der Waals surface area contributed by atoms with E-state index >= 15 is 0 Å². The van der Waals surface area contributed by atoms with Crippen molar-refractivity contribution in [2.45, 2.75) is 31.8 Å². The molecule has 0 radical (unpaired) electrons. The number of aryl methyl sites for hydroxylation is 3. The predicted molar refractivity (Wildman–Crippen MR) is 97.7 cm³/mol. The third kappa shape index (κ3) is 5.31. The van der Waals surface area contributed by atoms with Gasteiger partial charge in [0.1, 0.15) is 5.69 Å². The number of anilines is 1. The van der Waals surface area contributed by atoms with Crippen LogP contribution < -0.4 is 16.7 Å². The number of nitrogens with two attached hydrogens (primary N) is 1. The number of aliphatic carboxylic acids is 1. The van der Waals surface area contributed by atoms with Gasteiger partial charge >= 0.3 is 5.97 Å². The fourth-order valence-electron chi connectivity index (χ4n) is 2.27. The summed E-state index contributed by atoms with van der Waals surface area (Å²) in [5.74, 6) is 4.34. The van der Waals surface area contributed by atoms with E-state index in [1.54, 1.807) is 0 Å². The lowest BCUT2D eigenvalue weighted by atomic mass is 10.1. The monoisotopic (exact) mass is 377 g/mol. The molecule has 0 aliphatic rings. The van der Waals surface area contributed by atoms with Gasteiger partial charge in [-0.1, -0.05) is 17.8 Å². The van der Waals surface area contributed by atoms with Crippen LogP contribution in [0.5, 0.6) is 0 Å². The number of hydrogen-bond acceptors (Lipinski definition) is 7. The summed E-state index contributed by atoms with van der Waals surface area (Å²) in [5.41, 5.74) is 2.10. The van der Waals surface area contributed by atoms with Gasteiger partial charge in [0, 0.05) is 12.1 Å². The number of benzene rings is 1. The Balaban J connectivity index is 2.00. The first-order chi connectivity index (χ1) is 12.3. The fraction of sp³-hybridized carbons (Fsp3) is 0.312. The molecule has 1 aromatic heterocycles. The normalized spacial score (nSPS) is 10.5. The van der Waals surface area contributed by atoms with Gasteiger partial charge in [-0.2, -0.15) is 4.68 Å². The van der Waals surface area contributed by atoms with Gasteiger partial charge in [-0.3, -0.25) is 14.4 Å². The fourth-order valence-corrected chi connectivity index (χ4v) is 2.93. The quantitative estimate of drug-likeness (QED) is 0.473. The molecular weight excluding hydrogens is 358 g/mol. The van der Waals surface area contributed by atoms with Gasteiger partial charge in [0.2, 0.25) is 11.1 Å². The third-order valence-electron chi connectivity index (χ3n) is 3.34. The highest BCUT2D eigenvalue weighted by atomic mass is 32.2. The van der Waals surface area contributed by atoms with Crippen LogP contribution in [0.15, 0.2) is 28.2 Å². The molecule has 10 heteroatoms. The van der Waals surface area contributed by atoms with E-state index in [9.17, 15) is 14.4 Å². The second-order valence-electron chi connectivity index (χ2n) is 5.71. The molecule has 0 saturated heterocycles. The van der Waals surface area contributed by atoms with Crippen molar-refractivity contribution < 1.29 is 14.7 Å². The minimum Gasteiger partial charge on any atom is -0.481 e. The number of aromatic nitrogens is 3. The molecular formula is C16H19N5O4S. The summed E-state index contributed by atoms with van der Waals surface area (Å²) >= 11 is 0.966. The van der Waals surface area contributed by atoms with E-state index in [1.807, 2.05) is 32.0 Å². The van der Waals surface area contributed by atoms with Crippen LogP contribution in [0.3, 0.4) is 0 Å². The van der Waals surface area contributed by atoms with Gasteiger partial charge in [-0.25, -0.2) is 0 Å². The molecule has 1 heterocycles. The van der Waals surface area contributed by atoms with Crippen LogP contribution in [0.2, 0.25) is 0 Å². The zero-order valence-corrected chi connectivity index (χ0v) is 15.2. The molecule has 2 rings (SSSR count). The maximum atomic E-state index is 12.1. The van der Waals surface area contributed by atoms with E-state index in [0.717, 1.165) is 27.6 Å². The van der Waals surface area contributed by atoms with Crippen molar-refractivity contribution in [1.29, 1.82) is 0 Å². The maximum absolute atomic E-state index is 12.1. The Kier molecular flexibility index (Phi) is 6.34. The minimum atomic E-state index is -1.05. The molecule has 9 nitrogen and oxygen atoms in total. The molecule has 138 valence electrons. The Morgan fingerprint density at radius 2 is 1.88 bits per heavy atom. The molecule has 0 fully saturated rings. The standard InChI is InChI=1S/C16H19N5O4S/c1-9-5-10(2)7-11(6-9)18-13(22)8-26-16-20-19-12(3-4-14(23)24)15(25)21(16)17/h5-7H,3-4,8,17H2,1-2H3,(H,18,22)(H,23,24). The number of carbonyl (C=O) groups excluding carboxylic acids is 1. The van der Waals surface area contributed by atoms with Crippen molar-refractivity contribution in [3.63, 3.8) is 0 Å². The van der Waals surface area contributed by atoms with Gasteiger partial charge in [0.15, 0.2) is 0 Å². The number of carboxylic acids is 1. The largest absolute Gasteiger partial charge is 0.481 e. The minimum absolute atomic E-state index is 0.00716. The average molecular weight is 377 g/mol. The zero-order valence-electron chi connectivity index (χ0n) is 14.4. The molecule has 4 N–H and O–H groups in total. The van der Waals surface area contributed by atoms with Crippen LogP contribution in [0.1, 0.15) is 23.2 Å². The molecule has 0 bridgehead atoms.